The molecule has 6 heteroatoms. The summed E-state index contributed by atoms with van der Waals surface area (Å²) >= 11 is 0. The number of nitrogens with zero attached hydrogens (tertiary/aromatic N) is 3. The van der Waals surface area contributed by atoms with Crippen LogP contribution in [0.1, 0.15) is 16.1 Å². The first-order chi connectivity index (χ1) is 8.16. The third kappa shape index (κ3) is 2.60. The van der Waals surface area contributed by atoms with Crippen LogP contribution in [0.5, 0.6) is 0 Å². The lowest BCUT2D eigenvalue weighted by Crippen LogP contribution is -2.19. The highest BCUT2D eigenvalue weighted by molar-refractivity contribution is 5.86. The second-order valence-electron chi connectivity index (χ2n) is 3.51. The smallest absolute Gasteiger partial charge is 0.338 e. The van der Waals surface area contributed by atoms with E-state index in [4.69, 9.17) is 9.52 Å². The van der Waals surface area contributed by atoms with E-state index >= 15 is 0 Å². The Morgan fingerprint density at radius 3 is 2.71 bits per heavy atom. The van der Waals surface area contributed by atoms with Gasteiger partial charge in [-0.25, -0.2) is 14.8 Å². The molecule has 6 nitrogen and oxygen atoms in total. The first-order valence-electron chi connectivity index (χ1n) is 4.95. The van der Waals surface area contributed by atoms with Crippen molar-refractivity contribution >= 4 is 11.9 Å². The van der Waals surface area contributed by atoms with E-state index in [1.807, 2.05) is 6.07 Å². The molecule has 2 heterocycles. The lowest BCUT2D eigenvalue weighted by atomic mass is 10.3. The fourth-order valence-electron chi connectivity index (χ4n) is 1.34. The van der Waals surface area contributed by atoms with Gasteiger partial charge in [-0.05, 0) is 12.1 Å². The molecule has 0 unspecified atom stereocenters. The summed E-state index contributed by atoms with van der Waals surface area (Å²) in [5.74, 6) is 0.204. The molecule has 0 fully saturated rings. The van der Waals surface area contributed by atoms with E-state index in [-0.39, 0.29) is 5.56 Å². The Kier molecular flexibility index (Phi) is 3.04. The van der Waals surface area contributed by atoms with Crippen molar-refractivity contribution in [2.24, 2.45) is 0 Å². The summed E-state index contributed by atoms with van der Waals surface area (Å²) in [5, 5.41) is 8.71. The average molecular weight is 233 g/mol. The molecular weight excluding hydrogens is 222 g/mol. The van der Waals surface area contributed by atoms with Crippen LogP contribution in [0.3, 0.4) is 0 Å². The molecule has 0 amide bonds. The SMILES string of the molecule is CN(Cc1ccco1)c1ncc(C(=O)O)cn1. The molecule has 0 saturated carbocycles. The van der Waals surface area contributed by atoms with Gasteiger partial charge < -0.3 is 14.4 Å². The van der Waals surface area contributed by atoms with Gasteiger partial charge in [0.05, 0.1) is 18.4 Å². The van der Waals surface area contributed by atoms with Crippen molar-refractivity contribution in [3.8, 4) is 0 Å². The molecule has 0 atom stereocenters. The Morgan fingerprint density at radius 1 is 1.47 bits per heavy atom. The Balaban J connectivity index is 2.09. The minimum atomic E-state index is -1.04. The molecule has 0 radical (unpaired) electrons. The van der Waals surface area contributed by atoms with Gasteiger partial charge >= 0.3 is 5.97 Å². The predicted octanol–water partition coefficient (Wildman–Crippen LogP) is 1.40. The zero-order valence-electron chi connectivity index (χ0n) is 9.20. The Labute approximate surface area is 97.5 Å². The van der Waals surface area contributed by atoms with E-state index in [1.54, 1.807) is 24.3 Å². The fraction of sp³-hybridized carbons (Fsp3) is 0.182. The second kappa shape index (κ2) is 4.65. The van der Waals surface area contributed by atoms with E-state index in [1.165, 1.54) is 12.4 Å². The van der Waals surface area contributed by atoms with Crippen LogP contribution in [0.25, 0.3) is 0 Å². The van der Waals surface area contributed by atoms with Crippen LogP contribution in [-0.2, 0) is 6.54 Å². The van der Waals surface area contributed by atoms with Crippen molar-refractivity contribution in [1.29, 1.82) is 0 Å². The predicted molar refractivity (Wildman–Crippen MR) is 59.8 cm³/mol. The van der Waals surface area contributed by atoms with Gasteiger partial charge in [-0.3, -0.25) is 0 Å². The normalized spacial score (nSPS) is 10.2. The largest absolute Gasteiger partial charge is 0.478 e. The molecule has 88 valence electrons. The Morgan fingerprint density at radius 2 is 2.18 bits per heavy atom. The van der Waals surface area contributed by atoms with Crippen molar-refractivity contribution in [1.82, 2.24) is 9.97 Å². The van der Waals surface area contributed by atoms with Crippen LogP contribution >= 0.6 is 0 Å². The fourth-order valence-corrected chi connectivity index (χ4v) is 1.34. The van der Waals surface area contributed by atoms with Gasteiger partial charge in [0.1, 0.15) is 5.76 Å². The first-order valence-corrected chi connectivity index (χ1v) is 4.95. The van der Waals surface area contributed by atoms with Crippen LogP contribution in [0.2, 0.25) is 0 Å². The quantitative estimate of drug-likeness (QED) is 0.859. The number of carboxylic acids is 1. The van der Waals surface area contributed by atoms with Gasteiger partial charge in [-0.15, -0.1) is 0 Å². The number of hydrogen-bond acceptors (Lipinski definition) is 5. The summed E-state index contributed by atoms with van der Waals surface area (Å²) in [6, 6.07) is 3.65. The topological polar surface area (TPSA) is 79.5 Å². The molecular formula is C11H11N3O3. The lowest BCUT2D eigenvalue weighted by Gasteiger charge is -2.14. The van der Waals surface area contributed by atoms with Gasteiger partial charge in [0, 0.05) is 19.4 Å². The van der Waals surface area contributed by atoms with E-state index in [9.17, 15) is 4.79 Å². The number of aromatic nitrogens is 2. The first kappa shape index (κ1) is 11.1. The maximum Gasteiger partial charge on any atom is 0.338 e. The van der Waals surface area contributed by atoms with Gasteiger partial charge in [-0.2, -0.15) is 0 Å². The van der Waals surface area contributed by atoms with Crippen molar-refractivity contribution in [2.75, 3.05) is 11.9 Å². The third-order valence-electron chi connectivity index (χ3n) is 2.20. The van der Waals surface area contributed by atoms with Crippen molar-refractivity contribution < 1.29 is 14.3 Å². The van der Waals surface area contributed by atoms with Crippen molar-refractivity contribution in [3.05, 3.63) is 42.1 Å². The van der Waals surface area contributed by atoms with Gasteiger partial charge in [-0.1, -0.05) is 0 Å². The summed E-state index contributed by atoms with van der Waals surface area (Å²) in [6.07, 6.45) is 4.16. The maximum atomic E-state index is 10.6. The van der Waals surface area contributed by atoms with Crippen LogP contribution in [0, 0.1) is 0 Å². The Hall–Kier alpha value is -2.37. The highest BCUT2D eigenvalue weighted by atomic mass is 16.4. The van der Waals surface area contributed by atoms with Gasteiger partial charge in [0.15, 0.2) is 0 Å². The number of furan rings is 1. The zero-order chi connectivity index (χ0) is 12.3. The third-order valence-corrected chi connectivity index (χ3v) is 2.20. The molecule has 0 aliphatic heterocycles. The van der Waals surface area contributed by atoms with Crippen molar-refractivity contribution in [2.45, 2.75) is 6.54 Å². The molecule has 2 aromatic heterocycles. The highest BCUT2D eigenvalue weighted by Gasteiger charge is 2.09. The van der Waals surface area contributed by atoms with Crippen LogP contribution in [-0.4, -0.2) is 28.1 Å². The molecule has 0 bridgehead atoms. The minimum absolute atomic E-state index is 0.0696. The molecule has 1 N–H and O–H groups in total. The number of anilines is 1. The van der Waals surface area contributed by atoms with Crippen LogP contribution in [0.4, 0.5) is 5.95 Å². The maximum absolute atomic E-state index is 10.6. The number of carbonyl (C=O) groups is 1. The summed E-state index contributed by atoms with van der Waals surface area (Å²) in [5.41, 5.74) is 0.0696. The number of rotatable bonds is 4. The minimum Gasteiger partial charge on any atom is -0.478 e. The van der Waals surface area contributed by atoms with Gasteiger partial charge in [0.25, 0.3) is 0 Å². The number of carboxylic acid groups (broad SMARTS) is 1. The second-order valence-corrected chi connectivity index (χ2v) is 3.51. The number of hydrogen-bond donors (Lipinski definition) is 1. The van der Waals surface area contributed by atoms with E-state index in [0.717, 1.165) is 5.76 Å². The lowest BCUT2D eigenvalue weighted by molar-refractivity contribution is 0.0696. The molecule has 0 aliphatic rings. The average Bonchev–Trinajstić information content (AvgIpc) is 2.82. The summed E-state index contributed by atoms with van der Waals surface area (Å²) in [6.45, 7) is 0.527. The summed E-state index contributed by atoms with van der Waals surface area (Å²) in [7, 11) is 1.80. The van der Waals surface area contributed by atoms with Gasteiger partial charge in [0.2, 0.25) is 5.95 Å². The molecule has 0 aliphatic carbocycles. The van der Waals surface area contributed by atoms with Crippen molar-refractivity contribution in [3.63, 3.8) is 0 Å². The molecule has 0 aromatic carbocycles. The van der Waals surface area contributed by atoms with Crippen LogP contribution < -0.4 is 4.90 Å². The Bertz CT molecular complexity index is 493. The molecule has 0 saturated heterocycles. The standard InChI is InChI=1S/C11H11N3O3/c1-14(7-9-3-2-4-17-9)11-12-5-8(6-13-11)10(15)16/h2-6H,7H2,1H3,(H,15,16). The molecule has 2 aromatic rings. The number of aromatic carboxylic acids is 1. The molecule has 17 heavy (non-hydrogen) atoms. The van der Waals surface area contributed by atoms with Crippen LogP contribution in [0.15, 0.2) is 35.2 Å². The molecule has 0 spiro atoms. The monoisotopic (exact) mass is 233 g/mol. The summed E-state index contributed by atoms with van der Waals surface area (Å²) in [4.78, 5) is 20.3. The van der Waals surface area contributed by atoms with E-state index < -0.39 is 5.97 Å². The van der Waals surface area contributed by atoms with E-state index in [2.05, 4.69) is 9.97 Å². The summed E-state index contributed by atoms with van der Waals surface area (Å²) < 4.78 is 5.20. The highest BCUT2D eigenvalue weighted by Crippen LogP contribution is 2.10. The zero-order valence-corrected chi connectivity index (χ0v) is 9.20. The molecule has 2 rings (SSSR count). The van der Waals surface area contributed by atoms with E-state index in [0.29, 0.717) is 12.5 Å².